The number of hydrogen-bond donors (Lipinski definition) is 4. The van der Waals surface area contributed by atoms with Gasteiger partial charge < -0.3 is 25.6 Å². The molecule has 8 heteroatoms. The average molecular weight is 467 g/mol. The Morgan fingerprint density at radius 3 is 2.26 bits per heavy atom. The number of nitrogens with one attached hydrogen (secondary N) is 2. The first-order valence-electron chi connectivity index (χ1n) is 11.7. The van der Waals surface area contributed by atoms with Crippen molar-refractivity contribution in [2.24, 2.45) is 5.92 Å². The van der Waals surface area contributed by atoms with Crippen LogP contribution in [0.25, 0.3) is 11.1 Å². The van der Waals surface area contributed by atoms with Gasteiger partial charge in [0.05, 0.1) is 0 Å². The zero-order chi connectivity index (χ0) is 24.1. The molecule has 0 heterocycles. The first-order chi connectivity index (χ1) is 16.5. The third-order valence-corrected chi connectivity index (χ3v) is 6.73. The maximum atomic E-state index is 12.5. The van der Waals surface area contributed by atoms with Gasteiger partial charge in [0, 0.05) is 31.4 Å². The van der Waals surface area contributed by atoms with Gasteiger partial charge in [-0.2, -0.15) is 0 Å². The van der Waals surface area contributed by atoms with Crippen LogP contribution < -0.4 is 10.6 Å². The lowest BCUT2D eigenvalue weighted by Gasteiger charge is -2.17. The van der Waals surface area contributed by atoms with Crippen molar-refractivity contribution in [3.8, 4) is 11.1 Å². The van der Waals surface area contributed by atoms with Crippen LogP contribution in [0.1, 0.15) is 49.1 Å². The van der Waals surface area contributed by atoms with Gasteiger partial charge >= 0.3 is 12.1 Å². The zero-order valence-electron chi connectivity index (χ0n) is 18.9. The van der Waals surface area contributed by atoms with Crippen molar-refractivity contribution >= 4 is 18.0 Å². The second kappa shape index (κ2) is 10.7. The van der Waals surface area contributed by atoms with Crippen LogP contribution in [-0.4, -0.2) is 53.5 Å². The lowest BCUT2D eigenvalue weighted by atomic mass is 9.98. The molecule has 0 radical (unpaired) electrons. The van der Waals surface area contributed by atoms with Crippen molar-refractivity contribution in [1.29, 1.82) is 0 Å². The number of rotatable bonds is 9. The average Bonchev–Trinajstić information content (AvgIpc) is 3.39. The molecule has 2 amide bonds. The SMILES string of the molecule is O=C(C[C@@H]1CC[C@H](NC(=O)OCC2c3ccccc3-c3ccccc32)C1)NC(CCO)C(=O)O. The topological polar surface area (TPSA) is 125 Å². The number of aliphatic carboxylic acids is 1. The Balaban J connectivity index is 1.25. The monoisotopic (exact) mass is 466 g/mol. The van der Waals surface area contributed by atoms with Crippen LogP contribution in [0.5, 0.6) is 0 Å². The number of fused-ring (bicyclic) bond motifs is 3. The van der Waals surface area contributed by atoms with Gasteiger partial charge in [-0.25, -0.2) is 9.59 Å². The zero-order valence-corrected chi connectivity index (χ0v) is 18.9. The first kappa shape index (κ1) is 23.8. The van der Waals surface area contributed by atoms with Crippen LogP contribution in [0.15, 0.2) is 48.5 Å². The summed E-state index contributed by atoms with van der Waals surface area (Å²) in [5.74, 6) is -1.46. The Labute approximate surface area is 198 Å². The van der Waals surface area contributed by atoms with Crippen molar-refractivity contribution in [1.82, 2.24) is 10.6 Å². The van der Waals surface area contributed by atoms with Crippen molar-refractivity contribution in [3.63, 3.8) is 0 Å². The lowest BCUT2D eigenvalue weighted by Crippen LogP contribution is -2.42. The summed E-state index contributed by atoms with van der Waals surface area (Å²) < 4.78 is 5.61. The van der Waals surface area contributed by atoms with E-state index < -0.39 is 18.1 Å². The van der Waals surface area contributed by atoms with E-state index in [4.69, 9.17) is 14.9 Å². The van der Waals surface area contributed by atoms with E-state index in [2.05, 4.69) is 34.9 Å². The van der Waals surface area contributed by atoms with Gasteiger partial charge in [0.2, 0.25) is 5.91 Å². The molecule has 2 aromatic rings. The summed E-state index contributed by atoms with van der Waals surface area (Å²) in [6.07, 6.45) is 1.83. The fraction of sp³-hybridized carbons (Fsp3) is 0.423. The van der Waals surface area contributed by atoms with Crippen LogP contribution in [-0.2, 0) is 14.3 Å². The van der Waals surface area contributed by atoms with Gasteiger partial charge in [-0.1, -0.05) is 48.5 Å². The maximum Gasteiger partial charge on any atom is 0.407 e. The Morgan fingerprint density at radius 1 is 1.00 bits per heavy atom. The largest absolute Gasteiger partial charge is 0.480 e. The highest BCUT2D eigenvalue weighted by atomic mass is 16.5. The molecule has 0 aromatic heterocycles. The van der Waals surface area contributed by atoms with E-state index in [0.717, 1.165) is 24.0 Å². The third-order valence-electron chi connectivity index (χ3n) is 6.73. The highest BCUT2D eigenvalue weighted by Crippen LogP contribution is 2.44. The second-order valence-electron chi connectivity index (χ2n) is 9.02. The van der Waals surface area contributed by atoms with E-state index in [1.165, 1.54) is 11.1 Å². The van der Waals surface area contributed by atoms with Crippen LogP contribution in [0, 0.1) is 5.92 Å². The van der Waals surface area contributed by atoms with E-state index in [0.29, 0.717) is 6.42 Å². The summed E-state index contributed by atoms with van der Waals surface area (Å²) in [5.41, 5.74) is 4.66. The fourth-order valence-corrected chi connectivity index (χ4v) is 5.10. The molecule has 1 fully saturated rings. The highest BCUT2D eigenvalue weighted by Gasteiger charge is 2.31. The quantitative estimate of drug-likeness (QED) is 0.450. The molecule has 34 heavy (non-hydrogen) atoms. The first-order valence-corrected chi connectivity index (χ1v) is 11.7. The van der Waals surface area contributed by atoms with Gasteiger partial charge in [0.15, 0.2) is 0 Å². The molecule has 2 aliphatic rings. The Kier molecular flexibility index (Phi) is 7.47. The Bertz CT molecular complexity index is 1010. The summed E-state index contributed by atoms with van der Waals surface area (Å²) in [7, 11) is 0. The van der Waals surface area contributed by atoms with Gasteiger partial charge in [-0.15, -0.1) is 0 Å². The molecular weight excluding hydrogens is 436 g/mol. The smallest absolute Gasteiger partial charge is 0.407 e. The van der Waals surface area contributed by atoms with Crippen molar-refractivity contribution in [3.05, 3.63) is 59.7 Å². The number of benzene rings is 2. The fourth-order valence-electron chi connectivity index (χ4n) is 5.10. The van der Waals surface area contributed by atoms with E-state index in [9.17, 15) is 14.4 Å². The summed E-state index contributed by atoms with van der Waals surface area (Å²) in [6.45, 7) is -0.0628. The number of carboxylic acids is 1. The number of aliphatic hydroxyl groups excluding tert-OH is 1. The molecule has 1 saturated carbocycles. The van der Waals surface area contributed by atoms with Crippen molar-refractivity contribution < 1.29 is 29.3 Å². The molecule has 180 valence electrons. The van der Waals surface area contributed by atoms with Crippen LogP contribution in [0.4, 0.5) is 4.79 Å². The van der Waals surface area contributed by atoms with E-state index in [1.807, 2.05) is 24.3 Å². The molecule has 1 unspecified atom stereocenters. The molecule has 2 aliphatic carbocycles. The minimum Gasteiger partial charge on any atom is -0.480 e. The van der Waals surface area contributed by atoms with Gasteiger partial charge in [-0.05, 0) is 47.4 Å². The van der Waals surface area contributed by atoms with Gasteiger partial charge in [0.25, 0.3) is 0 Å². The molecule has 8 nitrogen and oxygen atoms in total. The Hall–Kier alpha value is -3.39. The molecule has 4 N–H and O–H groups in total. The molecule has 0 bridgehead atoms. The molecular formula is C26H30N2O6. The summed E-state index contributed by atoms with van der Waals surface area (Å²) >= 11 is 0. The number of hydrogen-bond acceptors (Lipinski definition) is 5. The molecule has 3 atom stereocenters. The number of carbonyl (C=O) groups excluding carboxylic acids is 2. The molecule has 2 aromatic carbocycles. The normalized spacial score (nSPS) is 19.7. The Morgan fingerprint density at radius 2 is 1.65 bits per heavy atom. The maximum absolute atomic E-state index is 12.5. The minimum atomic E-state index is -1.16. The highest BCUT2D eigenvalue weighted by molar-refractivity contribution is 5.83. The predicted molar refractivity (Wildman–Crippen MR) is 125 cm³/mol. The molecule has 4 rings (SSSR count). The van der Waals surface area contributed by atoms with Crippen molar-refractivity contribution in [2.45, 2.75) is 50.1 Å². The summed E-state index contributed by atoms with van der Waals surface area (Å²) in [4.78, 5) is 35.8. The molecule has 0 aliphatic heterocycles. The van der Waals surface area contributed by atoms with Crippen molar-refractivity contribution in [2.75, 3.05) is 13.2 Å². The van der Waals surface area contributed by atoms with E-state index in [-0.39, 0.29) is 49.8 Å². The number of ether oxygens (including phenoxy) is 1. The van der Waals surface area contributed by atoms with Gasteiger partial charge in [0.1, 0.15) is 12.6 Å². The second-order valence-corrected chi connectivity index (χ2v) is 9.02. The van der Waals surface area contributed by atoms with Crippen LogP contribution in [0.3, 0.4) is 0 Å². The summed E-state index contributed by atoms with van der Waals surface area (Å²) in [5, 5.41) is 23.4. The lowest BCUT2D eigenvalue weighted by molar-refractivity contribution is -0.142. The third kappa shape index (κ3) is 5.39. The number of carbonyl (C=O) groups is 3. The number of amides is 2. The number of alkyl carbamates (subject to hydrolysis) is 1. The number of carboxylic acid groups (broad SMARTS) is 1. The summed E-state index contributed by atoms with van der Waals surface area (Å²) in [6, 6.07) is 15.2. The standard InChI is InChI=1S/C26H30N2O6/c29-12-11-23(25(31)32)28-24(30)14-16-9-10-17(13-16)27-26(33)34-15-22-20-7-3-1-5-18(20)19-6-2-4-8-21(19)22/h1-8,16-17,22-23,29H,9-15H2,(H,27,33)(H,28,30)(H,31,32)/t16-,17+,23?/m1/s1. The number of aliphatic hydroxyl groups is 1. The van der Waals surface area contributed by atoms with E-state index >= 15 is 0 Å². The molecule has 0 saturated heterocycles. The van der Waals surface area contributed by atoms with Crippen LogP contribution in [0.2, 0.25) is 0 Å². The predicted octanol–water partition coefficient (Wildman–Crippen LogP) is 3.04. The van der Waals surface area contributed by atoms with Crippen LogP contribution >= 0.6 is 0 Å². The minimum absolute atomic E-state index is 0.000672. The van der Waals surface area contributed by atoms with Gasteiger partial charge in [-0.3, -0.25) is 4.79 Å². The van der Waals surface area contributed by atoms with E-state index in [1.54, 1.807) is 0 Å². The molecule has 0 spiro atoms.